The molecule has 2 rings (SSSR count). The number of hydrogen-bond donors (Lipinski definition) is 0. The lowest BCUT2D eigenvalue weighted by atomic mass is 9.70. The molecular formula is C36H24O2. The van der Waals surface area contributed by atoms with Gasteiger partial charge in [0.15, 0.2) is 0 Å². The van der Waals surface area contributed by atoms with Gasteiger partial charge in [0, 0.05) is 77.5 Å². The second-order valence-electron chi connectivity index (χ2n) is 8.48. The lowest BCUT2D eigenvalue weighted by molar-refractivity contribution is -0.138. The van der Waals surface area contributed by atoms with Crippen LogP contribution in [0.5, 0.6) is 0 Å². The van der Waals surface area contributed by atoms with Gasteiger partial charge < -0.3 is 4.74 Å². The van der Waals surface area contributed by atoms with Crippen molar-refractivity contribution in [3.8, 4) is 131 Å². The smallest absolute Gasteiger partial charge is 0.320 e. The van der Waals surface area contributed by atoms with Crippen LogP contribution < -0.4 is 0 Å². The highest BCUT2D eigenvalue weighted by Gasteiger charge is 2.29. The lowest BCUT2D eigenvalue weighted by Gasteiger charge is -2.35. The van der Waals surface area contributed by atoms with Crippen LogP contribution in [0.2, 0.25) is 0 Å². The average Bonchev–Trinajstić information content (AvgIpc) is 2.95. The summed E-state index contributed by atoms with van der Waals surface area (Å²) in [7, 11) is 0. The molecule has 2 heteroatoms. The number of carbonyl (C=O) groups is 1. The number of rotatable bonds is 3. The number of carbonyl (C=O) groups excluding carboxylic acids is 1. The molecule has 0 atom stereocenters. The molecule has 2 nitrogen and oxygen atoms in total. The summed E-state index contributed by atoms with van der Waals surface area (Å²) < 4.78 is 4.98. The van der Waals surface area contributed by atoms with Gasteiger partial charge in [0.2, 0.25) is 0 Å². The number of hydrogen-bond acceptors (Lipinski definition) is 2. The minimum atomic E-state index is -0.283. The Bertz CT molecular complexity index is 1530. The largest absolute Gasteiger partial charge is 0.371 e. The third-order valence-electron chi connectivity index (χ3n) is 6.08. The molecule has 0 aliphatic heterocycles. The first-order valence-electron chi connectivity index (χ1n) is 12.4. The van der Waals surface area contributed by atoms with Gasteiger partial charge in [0.1, 0.15) is 6.11 Å². The fourth-order valence-electron chi connectivity index (χ4n) is 4.42. The van der Waals surface area contributed by atoms with Gasteiger partial charge in [0.05, 0.1) is 0 Å². The second kappa shape index (κ2) is 19.9. The zero-order valence-corrected chi connectivity index (χ0v) is 21.2. The molecule has 0 N–H and O–H groups in total. The molecular weight excluding hydrogens is 464 g/mol. The first-order valence-corrected chi connectivity index (χ1v) is 12.4. The summed E-state index contributed by atoms with van der Waals surface area (Å²) in [4.78, 5) is 12.0. The highest BCUT2D eigenvalue weighted by atomic mass is 16.5. The molecule has 0 spiro atoms. The maximum atomic E-state index is 12.0. The number of terminal acetylenes is 1. The number of esters is 1. The zero-order valence-electron chi connectivity index (χ0n) is 21.2. The van der Waals surface area contributed by atoms with Crippen LogP contribution in [0.1, 0.15) is 64.2 Å². The maximum absolute atomic E-state index is 12.0. The fraction of sp³-hybridized carbons (Fsp3) is 0.361. The first kappa shape index (κ1) is 28.9. The monoisotopic (exact) mass is 488 g/mol. The Balaban J connectivity index is 1.62. The molecule has 2 aliphatic carbocycles. The summed E-state index contributed by atoms with van der Waals surface area (Å²) in [6.07, 6.45) is 19.4. The van der Waals surface area contributed by atoms with Gasteiger partial charge in [-0.3, -0.25) is 4.79 Å². The maximum Gasteiger partial charge on any atom is 0.320 e. The van der Waals surface area contributed by atoms with Crippen molar-refractivity contribution in [2.45, 2.75) is 64.2 Å². The Kier molecular flexibility index (Phi) is 15.1. The van der Waals surface area contributed by atoms with E-state index >= 15 is 0 Å². The van der Waals surface area contributed by atoms with Crippen LogP contribution in [0.15, 0.2) is 0 Å². The molecule has 0 aromatic carbocycles. The molecule has 0 radical (unpaired) electrons. The molecule has 0 amide bonds. The van der Waals surface area contributed by atoms with Crippen molar-refractivity contribution in [1.29, 1.82) is 0 Å². The van der Waals surface area contributed by atoms with Crippen LogP contribution in [0, 0.1) is 149 Å². The summed E-state index contributed by atoms with van der Waals surface area (Å²) in [5.41, 5.74) is 0. The van der Waals surface area contributed by atoms with Crippen molar-refractivity contribution >= 4 is 5.97 Å². The van der Waals surface area contributed by atoms with E-state index in [0.717, 1.165) is 24.7 Å². The van der Waals surface area contributed by atoms with Crippen LogP contribution >= 0.6 is 0 Å². The predicted octanol–water partition coefficient (Wildman–Crippen LogP) is 3.93. The Morgan fingerprint density at radius 2 is 0.921 bits per heavy atom. The summed E-state index contributed by atoms with van der Waals surface area (Å²) in [5.74, 6) is 51.3. The Hall–Kier alpha value is -5.37. The normalized spacial score (nSPS) is 16.1. The van der Waals surface area contributed by atoms with Crippen LogP contribution in [0.25, 0.3) is 0 Å². The molecule has 2 saturated carbocycles. The van der Waals surface area contributed by atoms with Crippen LogP contribution in [-0.2, 0) is 9.53 Å². The summed E-state index contributed by atoms with van der Waals surface area (Å²) >= 11 is 0. The summed E-state index contributed by atoms with van der Waals surface area (Å²) in [5, 5.41) is 0. The van der Waals surface area contributed by atoms with Crippen molar-refractivity contribution in [3.05, 3.63) is 0 Å². The van der Waals surface area contributed by atoms with E-state index in [-0.39, 0.29) is 5.97 Å². The van der Waals surface area contributed by atoms with Gasteiger partial charge in [0.25, 0.3) is 0 Å². The Morgan fingerprint density at radius 1 is 0.526 bits per heavy atom. The first-order chi connectivity index (χ1) is 18.8. The molecule has 180 valence electrons. The standard InChI is InChI=1S/C36H24O2/c1-2-3-4-5-6-7-8-9-10-11-12-13-14-15-16-17-18-19-20-24-31-38-36(37)32-33-27-29-35(30-28-33)34-25-22-21-23-26-34/h1,33-35H,21-23,25-30,32H2. The Labute approximate surface area is 228 Å². The molecule has 0 bridgehead atoms. The van der Waals surface area contributed by atoms with E-state index in [2.05, 4.69) is 125 Å². The summed E-state index contributed by atoms with van der Waals surface area (Å²) in [6.45, 7) is 0. The van der Waals surface area contributed by atoms with Gasteiger partial charge in [-0.05, 0) is 90.8 Å². The van der Waals surface area contributed by atoms with Crippen molar-refractivity contribution in [2.24, 2.45) is 17.8 Å². The summed E-state index contributed by atoms with van der Waals surface area (Å²) in [6, 6.07) is 0. The third kappa shape index (κ3) is 14.1. The van der Waals surface area contributed by atoms with E-state index in [9.17, 15) is 4.79 Å². The van der Waals surface area contributed by atoms with Crippen molar-refractivity contribution in [3.63, 3.8) is 0 Å². The van der Waals surface area contributed by atoms with Gasteiger partial charge in [-0.2, -0.15) is 0 Å². The minimum absolute atomic E-state index is 0.283. The third-order valence-corrected chi connectivity index (χ3v) is 6.08. The molecule has 0 heterocycles. The van der Waals surface area contributed by atoms with Crippen LogP contribution in [0.4, 0.5) is 0 Å². The second-order valence-corrected chi connectivity index (χ2v) is 8.48. The molecule has 0 aromatic heterocycles. The van der Waals surface area contributed by atoms with E-state index in [4.69, 9.17) is 11.2 Å². The van der Waals surface area contributed by atoms with Gasteiger partial charge in [-0.1, -0.05) is 32.1 Å². The topological polar surface area (TPSA) is 26.3 Å². The number of ether oxygens (including phenoxy) is 1. The lowest BCUT2D eigenvalue weighted by Crippen LogP contribution is -2.24. The Morgan fingerprint density at radius 3 is 1.37 bits per heavy atom. The molecule has 0 unspecified atom stereocenters. The molecule has 0 saturated heterocycles. The SMILES string of the molecule is C#CC#CC#CC#CC#CC#CC#CC#CC#CC#CC#COC(=O)CC1CCC(C2CCCCC2)CC1. The predicted molar refractivity (Wildman–Crippen MR) is 149 cm³/mol. The molecule has 2 fully saturated rings. The van der Waals surface area contributed by atoms with Crippen molar-refractivity contribution in [1.82, 2.24) is 0 Å². The van der Waals surface area contributed by atoms with Crippen molar-refractivity contribution < 1.29 is 9.53 Å². The van der Waals surface area contributed by atoms with Crippen LogP contribution in [0.3, 0.4) is 0 Å². The quantitative estimate of drug-likeness (QED) is 0.445. The van der Waals surface area contributed by atoms with E-state index in [1.54, 1.807) is 0 Å². The molecule has 2 aliphatic rings. The van der Waals surface area contributed by atoms with Gasteiger partial charge >= 0.3 is 5.97 Å². The van der Waals surface area contributed by atoms with Gasteiger partial charge in [-0.15, -0.1) is 6.42 Å². The van der Waals surface area contributed by atoms with Gasteiger partial charge in [-0.25, -0.2) is 0 Å². The van der Waals surface area contributed by atoms with E-state index in [0.29, 0.717) is 12.3 Å². The zero-order chi connectivity index (χ0) is 26.9. The van der Waals surface area contributed by atoms with E-state index < -0.39 is 0 Å². The van der Waals surface area contributed by atoms with Crippen molar-refractivity contribution in [2.75, 3.05) is 0 Å². The highest BCUT2D eigenvalue weighted by Crippen LogP contribution is 2.40. The molecule has 38 heavy (non-hydrogen) atoms. The van der Waals surface area contributed by atoms with E-state index in [1.807, 2.05) is 0 Å². The fourth-order valence-corrected chi connectivity index (χ4v) is 4.42. The minimum Gasteiger partial charge on any atom is -0.371 e. The average molecular weight is 489 g/mol. The molecule has 0 aromatic rings. The highest BCUT2D eigenvalue weighted by molar-refractivity contribution is 5.71. The van der Waals surface area contributed by atoms with Crippen LogP contribution in [-0.4, -0.2) is 5.97 Å². The van der Waals surface area contributed by atoms with E-state index in [1.165, 1.54) is 44.9 Å².